The highest BCUT2D eigenvalue weighted by atomic mass is 16.5. The zero-order valence-corrected chi connectivity index (χ0v) is 16.6. The number of methoxy groups -OCH3 is 1. The van der Waals surface area contributed by atoms with E-state index in [1.54, 1.807) is 0 Å². The first kappa shape index (κ1) is 19.8. The number of hydrogen-bond acceptors (Lipinski definition) is 3. The molecule has 0 spiro atoms. The summed E-state index contributed by atoms with van der Waals surface area (Å²) in [5, 5.41) is 0. The third-order valence-electron chi connectivity index (χ3n) is 4.93. The van der Waals surface area contributed by atoms with Gasteiger partial charge >= 0.3 is 5.97 Å². The van der Waals surface area contributed by atoms with Gasteiger partial charge in [0.25, 0.3) is 0 Å². The van der Waals surface area contributed by atoms with Gasteiger partial charge in [-0.2, -0.15) is 0 Å². The smallest absolute Gasteiger partial charge is 0.313 e. The molecule has 3 nitrogen and oxygen atoms in total. The quantitative estimate of drug-likeness (QED) is 0.421. The number of carbonyl (C=O) groups excluding carboxylic acids is 1. The van der Waals surface area contributed by atoms with Crippen molar-refractivity contribution < 1.29 is 14.3 Å². The maximum Gasteiger partial charge on any atom is 0.313 e. The van der Waals surface area contributed by atoms with Gasteiger partial charge in [0, 0.05) is 0 Å². The molecule has 3 rings (SSSR count). The fourth-order valence-electron chi connectivity index (χ4n) is 3.39. The monoisotopic (exact) mass is 374 g/mol. The number of rotatable bonds is 7. The lowest BCUT2D eigenvalue weighted by Gasteiger charge is -2.38. The van der Waals surface area contributed by atoms with Crippen LogP contribution in [-0.4, -0.2) is 19.7 Å². The number of carbonyl (C=O) groups is 1. The Morgan fingerprint density at radius 2 is 1.07 bits per heavy atom. The number of ether oxygens (including phenoxy) is 2. The maximum atomic E-state index is 12.3. The van der Waals surface area contributed by atoms with Crippen molar-refractivity contribution in [2.45, 2.75) is 19.4 Å². The molecule has 28 heavy (non-hydrogen) atoms. The molecular weight excluding hydrogens is 348 g/mol. The van der Waals surface area contributed by atoms with E-state index >= 15 is 0 Å². The van der Waals surface area contributed by atoms with Crippen LogP contribution in [0, 0.1) is 5.41 Å². The first-order chi connectivity index (χ1) is 13.5. The van der Waals surface area contributed by atoms with Crippen LogP contribution in [0.5, 0.6) is 0 Å². The van der Waals surface area contributed by atoms with E-state index in [0.717, 1.165) is 16.7 Å². The van der Waals surface area contributed by atoms with Gasteiger partial charge < -0.3 is 9.47 Å². The molecule has 0 aliphatic carbocycles. The zero-order valence-electron chi connectivity index (χ0n) is 16.6. The molecule has 0 radical (unpaired) electrons. The van der Waals surface area contributed by atoms with E-state index in [4.69, 9.17) is 9.47 Å². The van der Waals surface area contributed by atoms with Gasteiger partial charge in [-0.1, -0.05) is 91.0 Å². The molecule has 3 heteroatoms. The van der Waals surface area contributed by atoms with Crippen molar-refractivity contribution in [3.63, 3.8) is 0 Å². The minimum Gasteiger partial charge on any atom is -0.469 e. The average molecular weight is 374 g/mol. The van der Waals surface area contributed by atoms with Crippen LogP contribution < -0.4 is 0 Å². The molecule has 0 bridgehead atoms. The van der Waals surface area contributed by atoms with Gasteiger partial charge in [0.15, 0.2) is 0 Å². The highest BCUT2D eigenvalue weighted by Crippen LogP contribution is 2.41. The Labute approximate surface area is 166 Å². The molecule has 0 aliphatic heterocycles. The second-order valence-electron chi connectivity index (χ2n) is 7.44. The van der Waals surface area contributed by atoms with E-state index in [1.165, 1.54) is 7.11 Å². The minimum atomic E-state index is -0.838. The summed E-state index contributed by atoms with van der Waals surface area (Å²) in [6.45, 7) is 3.88. The van der Waals surface area contributed by atoms with E-state index in [1.807, 2.05) is 68.4 Å². The van der Waals surface area contributed by atoms with Crippen LogP contribution in [0.2, 0.25) is 0 Å². The largest absolute Gasteiger partial charge is 0.469 e. The average Bonchev–Trinajstić information content (AvgIpc) is 2.76. The third kappa shape index (κ3) is 3.85. The molecule has 0 saturated carbocycles. The summed E-state index contributed by atoms with van der Waals surface area (Å²) in [6.07, 6.45) is 0. The summed E-state index contributed by atoms with van der Waals surface area (Å²) in [7, 11) is 1.41. The Bertz CT molecular complexity index is 790. The Kier molecular flexibility index (Phi) is 5.96. The normalized spacial score (nSPS) is 11.8. The van der Waals surface area contributed by atoms with Crippen molar-refractivity contribution in [2.75, 3.05) is 13.7 Å². The van der Waals surface area contributed by atoms with Crippen molar-refractivity contribution in [3.05, 3.63) is 108 Å². The van der Waals surface area contributed by atoms with E-state index in [9.17, 15) is 4.79 Å². The number of hydrogen-bond donors (Lipinski definition) is 0. The number of esters is 1. The Morgan fingerprint density at radius 3 is 1.39 bits per heavy atom. The molecule has 0 unspecified atom stereocenters. The summed E-state index contributed by atoms with van der Waals surface area (Å²) in [5.41, 5.74) is 1.40. The van der Waals surface area contributed by atoms with Crippen LogP contribution in [0.25, 0.3) is 0 Å². The molecule has 0 N–H and O–H groups in total. The summed E-state index contributed by atoms with van der Waals surface area (Å²) < 4.78 is 11.7. The molecule has 3 aromatic rings. The SMILES string of the molecule is COC(=O)C(C)(C)COC(c1ccccc1)(c1ccccc1)c1ccccc1. The van der Waals surface area contributed by atoms with E-state index in [-0.39, 0.29) is 12.6 Å². The van der Waals surface area contributed by atoms with E-state index in [0.29, 0.717) is 0 Å². The van der Waals surface area contributed by atoms with Crippen LogP contribution >= 0.6 is 0 Å². The van der Waals surface area contributed by atoms with Gasteiger partial charge in [-0.25, -0.2) is 0 Å². The van der Waals surface area contributed by atoms with Crippen molar-refractivity contribution in [1.29, 1.82) is 0 Å². The highest BCUT2D eigenvalue weighted by Gasteiger charge is 2.40. The molecule has 0 saturated heterocycles. The van der Waals surface area contributed by atoms with Crippen molar-refractivity contribution in [1.82, 2.24) is 0 Å². The predicted molar refractivity (Wildman–Crippen MR) is 111 cm³/mol. The topological polar surface area (TPSA) is 35.5 Å². The molecule has 0 aromatic heterocycles. The van der Waals surface area contributed by atoms with E-state index in [2.05, 4.69) is 36.4 Å². The van der Waals surface area contributed by atoms with Gasteiger partial charge in [0.05, 0.1) is 19.1 Å². The Hall–Kier alpha value is -2.91. The minimum absolute atomic E-state index is 0.207. The molecular formula is C25H26O3. The van der Waals surface area contributed by atoms with Gasteiger partial charge in [0.1, 0.15) is 5.60 Å². The van der Waals surface area contributed by atoms with Crippen LogP contribution in [0.1, 0.15) is 30.5 Å². The van der Waals surface area contributed by atoms with Crippen LogP contribution in [0.15, 0.2) is 91.0 Å². The maximum absolute atomic E-state index is 12.3. The van der Waals surface area contributed by atoms with Crippen molar-refractivity contribution >= 4 is 5.97 Å². The first-order valence-corrected chi connectivity index (χ1v) is 9.39. The Morgan fingerprint density at radius 1 is 0.714 bits per heavy atom. The second-order valence-corrected chi connectivity index (χ2v) is 7.44. The molecule has 0 aliphatic rings. The lowest BCUT2D eigenvalue weighted by Crippen LogP contribution is -2.39. The lowest BCUT2D eigenvalue weighted by atomic mass is 9.79. The summed E-state index contributed by atoms with van der Waals surface area (Å²) >= 11 is 0. The van der Waals surface area contributed by atoms with Gasteiger partial charge in [0.2, 0.25) is 0 Å². The summed E-state index contributed by atoms with van der Waals surface area (Å²) in [6, 6.07) is 30.4. The third-order valence-corrected chi connectivity index (χ3v) is 4.93. The second kappa shape index (κ2) is 8.41. The molecule has 144 valence electrons. The van der Waals surface area contributed by atoms with Crippen LogP contribution in [0.4, 0.5) is 0 Å². The Balaban J connectivity index is 2.18. The molecule has 0 amide bonds. The standard InChI is InChI=1S/C25H26O3/c1-24(2,23(26)27-3)19-28-25(20-13-7-4-8-14-20,21-15-9-5-10-16-21)22-17-11-6-12-18-22/h4-18H,19H2,1-3H3. The summed E-state index contributed by atoms with van der Waals surface area (Å²) in [4.78, 5) is 12.3. The number of benzene rings is 3. The van der Waals surface area contributed by atoms with Gasteiger partial charge in [-0.15, -0.1) is 0 Å². The molecule has 3 aromatic carbocycles. The van der Waals surface area contributed by atoms with E-state index < -0.39 is 11.0 Å². The lowest BCUT2D eigenvalue weighted by molar-refractivity contribution is -0.156. The molecule has 0 atom stereocenters. The van der Waals surface area contributed by atoms with Gasteiger partial charge in [-0.3, -0.25) is 4.79 Å². The van der Waals surface area contributed by atoms with Crippen LogP contribution in [-0.2, 0) is 19.9 Å². The fourth-order valence-corrected chi connectivity index (χ4v) is 3.39. The fraction of sp³-hybridized carbons (Fsp3) is 0.240. The van der Waals surface area contributed by atoms with Crippen molar-refractivity contribution in [3.8, 4) is 0 Å². The predicted octanol–water partition coefficient (Wildman–Crippen LogP) is 5.19. The zero-order chi connectivity index (χ0) is 20.0. The van der Waals surface area contributed by atoms with Gasteiger partial charge in [-0.05, 0) is 30.5 Å². The van der Waals surface area contributed by atoms with Crippen molar-refractivity contribution in [2.24, 2.45) is 5.41 Å². The molecule has 0 fully saturated rings. The first-order valence-electron chi connectivity index (χ1n) is 9.39. The summed E-state index contributed by atoms with van der Waals surface area (Å²) in [5.74, 6) is -0.296. The molecule has 0 heterocycles. The highest BCUT2D eigenvalue weighted by molar-refractivity contribution is 5.75. The van der Waals surface area contributed by atoms with Crippen LogP contribution in [0.3, 0.4) is 0 Å².